The second-order valence-corrected chi connectivity index (χ2v) is 10.0. The summed E-state index contributed by atoms with van der Waals surface area (Å²) in [6, 6.07) is 29.7. The SMILES string of the molecule is COC(=O)[C@@H](Cc1cn(C(c2ccccc2)(c2ccccc2)c2ccccc2)cn1)NC(=O)OC(C)(C)C. The minimum atomic E-state index is -0.960. The van der Waals surface area contributed by atoms with Crippen LogP contribution in [0.2, 0.25) is 0 Å². The molecule has 1 aromatic heterocycles. The molecule has 7 nitrogen and oxygen atoms in total. The summed E-state index contributed by atoms with van der Waals surface area (Å²) in [5.74, 6) is -0.578. The van der Waals surface area contributed by atoms with Crippen molar-refractivity contribution >= 4 is 12.1 Å². The molecule has 4 rings (SSSR count). The number of hydrogen-bond acceptors (Lipinski definition) is 5. The first-order chi connectivity index (χ1) is 18.2. The van der Waals surface area contributed by atoms with E-state index < -0.39 is 29.2 Å². The minimum Gasteiger partial charge on any atom is -0.467 e. The number of imidazole rings is 1. The fourth-order valence-electron chi connectivity index (χ4n) is 4.63. The van der Waals surface area contributed by atoms with Crippen LogP contribution in [0.3, 0.4) is 0 Å². The van der Waals surface area contributed by atoms with Crippen LogP contribution in [0.4, 0.5) is 4.79 Å². The summed E-state index contributed by atoms with van der Waals surface area (Å²) >= 11 is 0. The van der Waals surface area contributed by atoms with Gasteiger partial charge in [0.15, 0.2) is 0 Å². The number of esters is 1. The topological polar surface area (TPSA) is 82.5 Å². The smallest absolute Gasteiger partial charge is 0.408 e. The lowest BCUT2D eigenvalue weighted by Crippen LogP contribution is -2.45. The molecular formula is C31H33N3O4. The minimum absolute atomic E-state index is 0.132. The maximum Gasteiger partial charge on any atom is 0.408 e. The molecule has 0 unspecified atom stereocenters. The van der Waals surface area contributed by atoms with Gasteiger partial charge in [0.25, 0.3) is 0 Å². The molecule has 0 aliphatic carbocycles. The van der Waals surface area contributed by atoms with Crippen LogP contribution in [0.5, 0.6) is 0 Å². The average Bonchev–Trinajstić information content (AvgIpc) is 3.38. The van der Waals surface area contributed by atoms with Crippen molar-refractivity contribution in [3.8, 4) is 0 Å². The van der Waals surface area contributed by atoms with Crippen molar-refractivity contribution in [2.24, 2.45) is 0 Å². The van der Waals surface area contributed by atoms with Gasteiger partial charge in [-0.15, -0.1) is 0 Å². The Hall–Kier alpha value is -4.39. The van der Waals surface area contributed by atoms with E-state index in [1.54, 1.807) is 27.1 Å². The van der Waals surface area contributed by atoms with Crippen molar-refractivity contribution < 1.29 is 19.1 Å². The maximum atomic E-state index is 12.6. The first-order valence-electron chi connectivity index (χ1n) is 12.5. The summed E-state index contributed by atoms with van der Waals surface area (Å²) in [6.07, 6.45) is 3.12. The number of hydrogen-bond donors (Lipinski definition) is 1. The Balaban J connectivity index is 1.79. The molecule has 7 heteroatoms. The number of rotatable bonds is 8. The molecule has 4 aromatic rings. The lowest BCUT2D eigenvalue weighted by Gasteiger charge is -2.37. The van der Waals surface area contributed by atoms with Crippen LogP contribution in [0.15, 0.2) is 104 Å². The Morgan fingerprint density at radius 2 is 1.32 bits per heavy atom. The summed E-state index contributed by atoms with van der Waals surface area (Å²) in [5.41, 5.74) is 2.35. The highest BCUT2D eigenvalue weighted by molar-refractivity contribution is 5.81. The number of methoxy groups -OCH3 is 1. The fourth-order valence-corrected chi connectivity index (χ4v) is 4.63. The number of amides is 1. The van der Waals surface area contributed by atoms with Crippen LogP contribution < -0.4 is 5.32 Å². The second kappa shape index (κ2) is 11.3. The Morgan fingerprint density at radius 1 is 0.842 bits per heavy atom. The first kappa shape index (κ1) is 26.7. The molecule has 0 bridgehead atoms. The number of alkyl carbamates (subject to hydrolysis) is 1. The van der Waals surface area contributed by atoms with Gasteiger partial charge in [-0.1, -0.05) is 91.0 Å². The predicted molar refractivity (Wildman–Crippen MR) is 146 cm³/mol. The van der Waals surface area contributed by atoms with E-state index in [-0.39, 0.29) is 6.42 Å². The van der Waals surface area contributed by atoms with Gasteiger partial charge in [-0.3, -0.25) is 0 Å². The quantitative estimate of drug-likeness (QED) is 0.255. The van der Waals surface area contributed by atoms with Gasteiger partial charge in [0.2, 0.25) is 0 Å². The summed E-state index contributed by atoms with van der Waals surface area (Å²) in [4.78, 5) is 29.7. The molecule has 1 amide bonds. The second-order valence-electron chi connectivity index (χ2n) is 10.0. The Morgan fingerprint density at radius 3 is 1.74 bits per heavy atom. The molecule has 1 N–H and O–H groups in total. The normalized spacial score (nSPS) is 12.4. The lowest BCUT2D eigenvalue weighted by atomic mass is 9.77. The van der Waals surface area contributed by atoms with E-state index in [2.05, 4.69) is 51.3 Å². The Labute approximate surface area is 223 Å². The third-order valence-corrected chi connectivity index (χ3v) is 6.19. The molecule has 196 valence electrons. The maximum absolute atomic E-state index is 12.6. The number of aromatic nitrogens is 2. The van der Waals surface area contributed by atoms with Crippen molar-refractivity contribution in [2.75, 3.05) is 7.11 Å². The molecular weight excluding hydrogens is 478 g/mol. The van der Waals surface area contributed by atoms with E-state index in [4.69, 9.17) is 9.47 Å². The summed E-state index contributed by atoms with van der Waals surface area (Å²) in [6.45, 7) is 5.28. The molecule has 0 spiro atoms. The van der Waals surface area contributed by atoms with E-state index in [0.29, 0.717) is 5.69 Å². The van der Waals surface area contributed by atoms with E-state index in [1.807, 2.05) is 60.8 Å². The van der Waals surface area contributed by atoms with Gasteiger partial charge < -0.3 is 19.4 Å². The van der Waals surface area contributed by atoms with Crippen LogP contribution in [0, 0.1) is 0 Å². The molecule has 1 atom stereocenters. The predicted octanol–water partition coefficient (Wildman–Crippen LogP) is 5.33. The molecule has 0 saturated carbocycles. The third-order valence-electron chi connectivity index (χ3n) is 6.19. The van der Waals surface area contributed by atoms with Crippen molar-refractivity contribution in [2.45, 2.75) is 44.4 Å². The van der Waals surface area contributed by atoms with Gasteiger partial charge in [0, 0.05) is 12.6 Å². The summed E-state index contributed by atoms with van der Waals surface area (Å²) in [7, 11) is 1.29. The monoisotopic (exact) mass is 511 g/mol. The number of nitrogens with one attached hydrogen (secondary N) is 1. The fraction of sp³-hybridized carbons (Fsp3) is 0.258. The van der Waals surface area contributed by atoms with E-state index in [0.717, 1.165) is 16.7 Å². The van der Waals surface area contributed by atoms with Gasteiger partial charge >= 0.3 is 12.1 Å². The van der Waals surface area contributed by atoms with Crippen LogP contribution in [-0.2, 0) is 26.2 Å². The van der Waals surface area contributed by atoms with E-state index >= 15 is 0 Å². The van der Waals surface area contributed by atoms with E-state index in [9.17, 15) is 9.59 Å². The van der Waals surface area contributed by atoms with Gasteiger partial charge in [0.1, 0.15) is 17.2 Å². The number of benzene rings is 3. The Bertz CT molecular complexity index is 1250. The molecule has 0 fully saturated rings. The number of carbonyl (C=O) groups is 2. The number of ether oxygens (including phenoxy) is 2. The zero-order valence-corrected chi connectivity index (χ0v) is 22.1. The Kier molecular flexibility index (Phi) is 7.96. The van der Waals surface area contributed by atoms with Crippen molar-refractivity contribution in [3.63, 3.8) is 0 Å². The van der Waals surface area contributed by atoms with Gasteiger partial charge in [-0.2, -0.15) is 0 Å². The lowest BCUT2D eigenvalue weighted by molar-refractivity contribution is -0.143. The molecule has 3 aromatic carbocycles. The highest BCUT2D eigenvalue weighted by atomic mass is 16.6. The van der Waals surface area contributed by atoms with Crippen molar-refractivity contribution in [1.82, 2.24) is 14.9 Å². The van der Waals surface area contributed by atoms with Gasteiger partial charge in [-0.25, -0.2) is 14.6 Å². The molecule has 0 saturated heterocycles. The van der Waals surface area contributed by atoms with Gasteiger partial charge in [-0.05, 0) is 37.5 Å². The zero-order valence-electron chi connectivity index (χ0n) is 22.1. The first-order valence-corrected chi connectivity index (χ1v) is 12.5. The number of nitrogens with zero attached hydrogens (tertiary/aromatic N) is 2. The summed E-state index contributed by atoms with van der Waals surface area (Å²) < 4.78 is 12.4. The third kappa shape index (κ3) is 5.78. The highest BCUT2D eigenvalue weighted by Crippen LogP contribution is 2.40. The zero-order chi connectivity index (χ0) is 27.2. The molecule has 1 heterocycles. The molecule has 0 aliphatic rings. The molecule has 0 aliphatic heterocycles. The van der Waals surface area contributed by atoms with Gasteiger partial charge in [0.05, 0.1) is 19.1 Å². The van der Waals surface area contributed by atoms with E-state index in [1.165, 1.54) is 7.11 Å². The highest BCUT2D eigenvalue weighted by Gasteiger charge is 2.38. The van der Waals surface area contributed by atoms with Crippen molar-refractivity contribution in [3.05, 3.63) is 126 Å². The van der Waals surface area contributed by atoms with Crippen LogP contribution in [-0.4, -0.2) is 40.4 Å². The van der Waals surface area contributed by atoms with Crippen LogP contribution >= 0.6 is 0 Å². The summed E-state index contributed by atoms with van der Waals surface area (Å²) in [5, 5.41) is 2.63. The molecule has 0 radical (unpaired) electrons. The molecule has 38 heavy (non-hydrogen) atoms. The number of carbonyl (C=O) groups excluding carboxylic acids is 2. The standard InChI is InChI=1S/C31H33N3O4/c1-30(2,3)38-29(36)33-27(28(35)37-4)20-26-21-34(22-32-26)31(23-14-8-5-9-15-23,24-16-10-6-11-17-24)25-18-12-7-13-19-25/h5-19,21-22,27H,20H2,1-4H3,(H,33,36)/t27-/m1/s1. The average molecular weight is 512 g/mol. The van der Waals surface area contributed by atoms with Crippen LogP contribution in [0.25, 0.3) is 0 Å². The van der Waals surface area contributed by atoms with Crippen LogP contribution in [0.1, 0.15) is 43.2 Å². The van der Waals surface area contributed by atoms with Crippen molar-refractivity contribution in [1.29, 1.82) is 0 Å². The largest absolute Gasteiger partial charge is 0.467 e.